The molecular formula is C66H49ClN4S. The SMILES string of the molecule is Clc1ccccc1-c1cc(Sc2cccc(N(c3ccccc3)c3cc(N(c4ccccc4)c4ccccc4)cc(N(c4ccccc4)c4ccccc4)c3)c2)cc(N(c2ccccc2)c2ccccc2)c1. The van der Waals surface area contributed by atoms with Gasteiger partial charge in [-0.1, -0.05) is 175 Å². The van der Waals surface area contributed by atoms with Crippen LogP contribution in [0, 0.1) is 0 Å². The van der Waals surface area contributed by atoms with Crippen molar-refractivity contribution in [3.8, 4) is 11.1 Å². The van der Waals surface area contributed by atoms with Gasteiger partial charge in [-0.15, -0.1) is 0 Å². The number of benzene rings is 11. The topological polar surface area (TPSA) is 13.0 Å². The molecule has 0 saturated carbocycles. The zero-order chi connectivity index (χ0) is 48.5. The zero-order valence-corrected chi connectivity index (χ0v) is 40.9. The standard InChI is InChI=1S/C66H49ClN4S/c67-66-42-23-22-41-65(66)50-43-59(68(51-25-8-1-9-26-51)52-27-10-2-11-28-52)49-64(44-50)72-63-40-24-39-58(48-63)71(57-37-20-7-21-38-57)62-46-60(69(53-29-12-3-13-30-53)54-31-14-4-15-32-54)45-61(47-62)70(55-33-16-5-17-34-55)56-35-18-6-19-36-56/h1-49H. The molecule has 0 atom stereocenters. The first-order valence-corrected chi connectivity index (χ1v) is 25.2. The van der Waals surface area contributed by atoms with Gasteiger partial charge < -0.3 is 19.6 Å². The molecule has 0 amide bonds. The predicted octanol–water partition coefficient (Wildman–Crippen LogP) is 20.0. The largest absolute Gasteiger partial charge is 0.310 e. The molecule has 0 fully saturated rings. The minimum absolute atomic E-state index is 0.704. The third-order valence-electron chi connectivity index (χ3n) is 12.4. The van der Waals surface area contributed by atoms with E-state index in [1.807, 2.05) is 18.2 Å². The van der Waals surface area contributed by atoms with Gasteiger partial charge in [-0.05, 0) is 151 Å². The number of anilines is 12. The molecule has 0 bridgehead atoms. The van der Waals surface area contributed by atoms with Crippen LogP contribution < -0.4 is 19.6 Å². The smallest absolute Gasteiger partial charge is 0.0503 e. The van der Waals surface area contributed by atoms with Crippen LogP contribution in [0.2, 0.25) is 5.02 Å². The van der Waals surface area contributed by atoms with Crippen LogP contribution in [-0.4, -0.2) is 0 Å². The summed E-state index contributed by atoms with van der Waals surface area (Å²) < 4.78 is 0. The van der Waals surface area contributed by atoms with E-state index in [0.717, 1.165) is 89.2 Å². The van der Waals surface area contributed by atoms with E-state index in [2.05, 4.69) is 299 Å². The van der Waals surface area contributed by atoms with Crippen molar-refractivity contribution in [3.05, 3.63) is 302 Å². The van der Waals surface area contributed by atoms with Crippen molar-refractivity contribution in [3.63, 3.8) is 0 Å². The first-order chi connectivity index (χ1) is 35.6. The quantitative estimate of drug-likeness (QED) is 0.101. The second kappa shape index (κ2) is 21.5. The van der Waals surface area contributed by atoms with Crippen molar-refractivity contribution in [2.45, 2.75) is 9.79 Å². The fourth-order valence-electron chi connectivity index (χ4n) is 9.24. The summed E-state index contributed by atoms with van der Waals surface area (Å²) in [5.41, 5.74) is 14.4. The summed E-state index contributed by atoms with van der Waals surface area (Å²) in [7, 11) is 0. The number of hydrogen-bond acceptors (Lipinski definition) is 5. The van der Waals surface area contributed by atoms with E-state index in [1.54, 1.807) is 11.8 Å². The first kappa shape index (κ1) is 45.7. The van der Waals surface area contributed by atoms with Gasteiger partial charge in [0.15, 0.2) is 0 Å². The fraction of sp³-hybridized carbons (Fsp3) is 0. The maximum Gasteiger partial charge on any atom is 0.0503 e. The summed E-state index contributed by atoms with van der Waals surface area (Å²) in [5, 5.41) is 0.704. The molecule has 0 aromatic heterocycles. The summed E-state index contributed by atoms with van der Waals surface area (Å²) in [4.78, 5) is 11.5. The lowest BCUT2D eigenvalue weighted by molar-refractivity contribution is 1.22. The molecule has 11 rings (SSSR count). The number of halogens is 1. The first-order valence-electron chi connectivity index (χ1n) is 24.0. The van der Waals surface area contributed by atoms with E-state index in [0.29, 0.717) is 5.02 Å². The Labute approximate surface area is 431 Å². The summed E-state index contributed by atoms with van der Waals surface area (Å²) in [6.45, 7) is 0. The van der Waals surface area contributed by atoms with Gasteiger partial charge in [-0.3, -0.25) is 0 Å². The molecule has 11 aromatic rings. The molecule has 0 aliphatic rings. The lowest BCUT2D eigenvalue weighted by Gasteiger charge is -2.33. The number of nitrogens with zero attached hydrogens (tertiary/aromatic N) is 4. The van der Waals surface area contributed by atoms with E-state index >= 15 is 0 Å². The highest BCUT2D eigenvalue weighted by molar-refractivity contribution is 7.99. The Kier molecular flexibility index (Phi) is 13.6. The molecule has 0 heterocycles. The lowest BCUT2D eigenvalue weighted by atomic mass is 10.0. The molecular weight excluding hydrogens is 916 g/mol. The van der Waals surface area contributed by atoms with Crippen molar-refractivity contribution in [2.24, 2.45) is 0 Å². The molecule has 6 heteroatoms. The molecule has 0 aliphatic heterocycles. The summed E-state index contributed by atoms with van der Waals surface area (Å²) >= 11 is 8.72. The van der Waals surface area contributed by atoms with E-state index in [4.69, 9.17) is 11.6 Å². The third kappa shape index (κ3) is 10.1. The Bertz CT molecular complexity index is 3290. The van der Waals surface area contributed by atoms with Crippen molar-refractivity contribution in [1.82, 2.24) is 0 Å². The highest BCUT2D eigenvalue weighted by Gasteiger charge is 2.23. The van der Waals surface area contributed by atoms with E-state index in [1.165, 1.54) is 0 Å². The van der Waals surface area contributed by atoms with Crippen LogP contribution in [0.25, 0.3) is 11.1 Å². The van der Waals surface area contributed by atoms with Crippen LogP contribution in [0.4, 0.5) is 68.2 Å². The molecule has 0 saturated heterocycles. The number of rotatable bonds is 15. The van der Waals surface area contributed by atoms with Crippen molar-refractivity contribution >= 4 is 91.6 Å². The van der Waals surface area contributed by atoms with Crippen LogP contribution in [0.3, 0.4) is 0 Å². The van der Waals surface area contributed by atoms with Gasteiger partial charge in [0.2, 0.25) is 0 Å². The lowest BCUT2D eigenvalue weighted by Crippen LogP contribution is -2.16. The van der Waals surface area contributed by atoms with Gasteiger partial charge in [0.05, 0.1) is 17.1 Å². The van der Waals surface area contributed by atoms with Gasteiger partial charge in [0, 0.05) is 71.6 Å². The minimum Gasteiger partial charge on any atom is -0.310 e. The molecule has 346 valence electrons. The molecule has 0 unspecified atom stereocenters. The predicted molar refractivity (Wildman–Crippen MR) is 306 cm³/mol. The number of para-hydroxylation sites is 7. The van der Waals surface area contributed by atoms with E-state index in [9.17, 15) is 0 Å². The summed E-state index contributed by atoms with van der Waals surface area (Å²) in [6.07, 6.45) is 0. The average Bonchev–Trinajstić information content (AvgIpc) is 3.43. The third-order valence-corrected chi connectivity index (χ3v) is 13.7. The Balaban J connectivity index is 1.08. The van der Waals surface area contributed by atoms with Crippen LogP contribution in [0.15, 0.2) is 307 Å². The second-order valence-electron chi connectivity index (χ2n) is 17.2. The summed E-state index contributed by atoms with van der Waals surface area (Å²) in [6, 6.07) is 105. The van der Waals surface area contributed by atoms with Crippen molar-refractivity contribution in [2.75, 3.05) is 19.6 Å². The van der Waals surface area contributed by atoms with Crippen LogP contribution in [-0.2, 0) is 0 Å². The van der Waals surface area contributed by atoms with Crippen LogP contribution in [0.5, 0.6) is 0 Å². The molecule has 72 heavy (non-hydrogen) atoms. The maximum absolute atomic E-state index is 6.98. The van der Waals surface area contributed by atoms with Gasteiger partial charge in [0.25, 0.3) is 0 Å². The van der Waals surface area contributed by atoms with E-state index < -0.39 is 0 Å². The average molecular weight is 966 g/mol. The normalized spacial score (nSPS) is 10.9. The molecule has 0 N–H and O–H groups in total. The van der Waals surface area contributed by atoms with Crippen LogP contribution in [0.1, 0.15) is 0 Å². The Morgan fingerprint density at radius 1 is 0.222 bits per heavy atom. The van der Waals surface area contributed by atoms with Crippen molar-refractivity contribution < 1.29 is 0 Å². The van der Waals surface area contributed by atoms with Gasteiger partial charge in [-0.25, -0.2) is 0 Å². The highest BCUT2D eigenvalue weighted by Crippen LogP contribution is 2.47. The Morgan fingerprint density at radius 3 is 0.875 bits per heavy atom. The maximum atomic E-state index is 6.98. The molecule has 4 nitrogen and oxygen atoms in total. The highest BCUT2D eigenvalue weighted by atomic mass is 35.5. The molecule has 0 spiro atoms. The number of hydrogen-bond donors (Lipinski definition) is 0. The monoisotopic (exact) mass is 964 g/mol. The van der Waals surface area contributed by atoms with Gasteiger partial charge in [-0.2, -0.15) is 0 Å². The van der Waals surface area contributed by atoms with E-state index in [-0.39, 0.29) is 0 Å². The second-order valence-corrected chi connectivity index (χ2v) is 18.7. The summed E-state index contributed by atoms with van der Waals surface area (Å²) in [5.74, 6) is 0. The molecule has 0 radical (unpaired) electrons. The Morgan fingerprint density at radius 2 is 0.514 bits per heavy atom. The van der Waals surface area contributed by atoms with Gasteiger partial charge in [0.1, 0.15) is 0 Å². The Hall–Kier alpha value is -8.74. The molecule has 0 aliphatic carbocycles. The minimum atomic E-state index is 0.704. The van der Waals surface area contributed by atoms with Crippen molar-refractivity contribution in [1.29, 1.82) is 0 Å². The van der Waals surface area contributed by atoms with Gasteiger partial charge >= 0.3 is 0 Å². The zero-order valence-electron chi connectivity index (χ0n) is 39.4. The van der Waals surface area contributed by atoms with Crippen LogP contribution >= 0.6 is 23.4 Å². The fourth-order valence-corrected chi connectivity index (χ4v) is 10.4. The molecule has 11 aromatic carbocycles.